The standard InChI is InChI=1S/C15H19F2N3/c1-15(16,17)11-3-4-12-13(9-11)20(2)19-14(12)10-5-7-18-8-6-10/h3-4,9-10,18H,5-8H2,1-2H3. The Bertz CT molecular complexity index is 622. The molecule has 1 fully saturated rings. The van der Waals surface area contributed by atoms with Gasteiger partial charge in [0.1, 0.15) is 0 Å². The van der Waals surface area contributed by atoms with Gasteiger partial charge >= 0.3 is 0 Å². The SMILES string of the molecule is Cn1nc(C2CCNCC2)c2ccc(C(C)(F)F)cc21. The molecule has 1 aromatic heterocycles. The molecule has 0 radical (unpaired) electrons. The van der Waals surface area contributed by atoms with E-state index in [1.165, 1.54) is 6.07 Å². The van der Waals surface area contributed by atoms with Crippen molar-refractivity contribution in [3.8, 4) is 0 Å². The number of nitrogens with zero attached hydrogens (tertiary/aromatic N) is 2. The summed E-state index contributed by atoms with van der Waals surface area (Å²) >= 11 is 0. The average Bonchev–Trinajstić information content (AvgIpc) is 2.76. The molecule has 1 aliphatic heterocycles. The molecule has 1 aromatic carbocycles. The van der Waals surface area contributed by atoms with Gasteiger partial charge in [0.15, 0.2) is 0 Å². The Balaban J connectivity index is 2.07. The zero-order valence-corrected chi connectivity index (χ0v) is 11.8. The molecule has 2 aromatic rings. The van der Waals surface area contributed by atoms with Crippen LogP contribution in [-0.2, 0) is 13.0 Å². The maximum Gasteiger partial charge on any atom is 0.270 e. The lowest BCUT2D eigenvalue weighted by Crippen LogP contribution is -2.26. The molecule has 1 aliphatic rings. The molecular weight excluding hydrogens is 260 g/mol. The third-order valence-corrected chi connectivity index (χ3v) is 4.11. The van der Waals surface area contributed by atoms with Crippen LogP contribution in [0.15, 0.2) is 18.2 Å². The zero-order valence-electron chi connectivity index (χ0n) is 11.8. The quantitative estimate of drug-likeness (QED) is 0.915. The second-order valence-corrected chi connectivity index (χ2v) is 5.65. The van der Waals surface area contributed by atoms with Crippen molar-refractivity contribution in [2.24, 2.45) is 7.05 Å². The van der Waals surface area contributed by atoms with Crippen LogP contribution in [0.1, 0.15) is 36.9 Å². The molecule has 3 rings (SSSR count). The maximum atomic E-state index is 13.4. The Morgan fingerprint density at radius 2 is 2.00 bits per heavy atom. The Morgan fingerprint density at radius 3 is 2.65 bits per heavy atom. The van der Waals surface area contributed by atoms with Gasteiger partial charge in [0, 0.05) is 30.8 Å². The van der Waals surface area contributed by atoms with Crippen molar-refractivity contribution in [1.29, 1.82) is 0 Å². The first-order chi connectivity index (χ1) is 9.47. The number of rotatable bonds is 2. The highest BCUT2D eigenvalue weighted by Crippen LogP contribution is 2.34. The molecule has 0 saturated carbocycles. The smallest absolute Gasteiger partial charge is 0.270 e. The number of nitrogens with one attached hydrogen (secondary N) is 1. The predicted octanol–water partition coefficient (Wildman–Crippen LogP) is 3.15. The number of alkyl halides is 2. The van der Waals surface area contributed by atoms with Gasteiger partial charge in [-0.05, 0) is 32.0 Å². The summed E-state index contributed by atoms with van der Waals surface area (Å²) in [4.78, 5) is 0. The molecule has 0 amide bonds. The fraction of sp³-hybridized carbons (Fsp3) is 0.533. The van der Waals surface area contributed by atoms with E-state index in [1.807, 2.05) is 7.05 Å². The molecule has 20 heavy (non-hydrogen) atoms. The minimum absolute atomic E-state index is 0.0462. The fourth-order valence-electron chi connectivity index (χ4n) is 2.96. The molecule has 1 saturated heterocycles. The summed E-state index contributed by atoms with van der Waals surface area (Å²) in [5, 5.41) is 8.92. The molecule has 3 nitrogen and oxygen atoms in total. The van der Waals surface area contributed by atoms with E-state index in [0.717, 1.165) is 49.5 Å². The third kappa shape index (κ3) is 2.30. The number of aromatic nitrogens is 2. The number of hydrogen-bond acceptors (Lipinski definition) is 2. The maximum absolute atomic E-state index is 13.4. The van der Waals surface area contributed by atoms with Crippen molar-refractivity contribution < 1.29 is 8.78 Å². The summed E-state index contributed by atoms with van der Waals surface area (Å²) in [5.41, 5.74) is 1.89. The summed E-state index contributed by atoms with van der Waals surface area (Å²) in [6.45, 7) is 2.92. The van der Waals surface area contributed by atoms with Crippen LogP contribution in [0.5, 0.6) is 0 Å². The van der Waals surface area contributed by atoms with Crippen LogP contribution in [-0.4, -0.2) is 22.9 Å². The second-order valence-electron chi connectivity index (χ2n) is 5.65. The minimum atomic E-state index is -2.81. The second kappa shape index (κ2) is 4.81. The van der Waals surface area contributed by atoms with Gasteiger partial charge in [0.2, 0.25) is 0 Å². The first kappa shape index (κ1) is 13.5. The van der Waals surface area contributed by atoms with E-state index >= 15 is 0 Å². The van der Waals surface area contributed by atoms with Crippen LogP contribution < -0.4 is 5.32 Å². The van der Waals surface area contributed by atoms with E-state index in [4.69, 9.17) is 0 Å². The van der Waals surface area contributed by atoms with Gasteiger partial charge in [-0.25, -0.2) is 8.78 Å². The van der Waals surface area contributed by atoms with Gasteiger partial charge in [-0.1, -0.05) is 12.1 Å². The van der Waals surface area contributed by atoms with E-state index < -0.39 is 5.92 Å². The van der Waals surface area contributed by atoms with Crippen molar-refractivity contribution in [2.75, 3.05) is 13.1 Å². The molecule has 0 aliphatic carbocycles. The molecule has 1 N–H and O–H groups in total. The highest BCUT2D eigenvalue weighted by Gasteiger charge is 2.26. The number of aryl methyl sites for hydroxylation is 1. The number of piperidine rings is 1. The number of halogens is 2. The van der Waals surface area contributed by atoms with E-state index in [1.54, 1.807) is 16.8 Å². The van der Waals surface area contributed by atoms with Crippen LogP contribution in [0, 0.1) is 0 Å². The number of benzene rings is 1. The van der Waals surface area contributed by atoms with Crippen molar-refractivity contribution >= 4 is 10.9 Å². The van der Waals surface area contributed by atoms with Gasteiger partial charge in [-0.3, -0.25) is 4.68 Å². The molecule has 0 unspecified atom stereocenters. The molecule has 108 valence electrons. The number of fused-ring (bicyclic) bond motifs is 1. The minimum Gasteiger partial charge on any atom is -0.317 e. The summed E-state index contributed by atoms with van der Waals surface area (Å²) < 4.78 is 28.6. The van der Waals surface area contributed by atoms with Crippen molar-refractivity contribution in [1.82, 2.24) is 15.1 Å². The lowest BCUT2D eigenvalue weighted by molar-refractivity contribution is 0.0176. The largest absolute Gasteiger partial charge is 0.317 e. The van der Waals surface area contributed by atoms with Crippen LogP contribution in [0.4, 0.5) is 8.78 Å². The van der Waals surface area contributed by atoms with Gasteiger partial charge < -0.3 is 5.32 Å². The molecule has 2 heterocycles. The Labute approximate surface area is 117 Å². The molecule has 0 atom stereocenters. The van der Waals surface area contributed by atoms with Crippen LogP contribution in [0.25, 0.3) is 10.9 Å². The lowest BCUT2D eigenvalue weighted by atomic mass is 9.92. The summed E-state index contributed by atoms with van der Waals surface area (Å²) in [6.07, 6.45) is 2.11. The van der Waals surface area contributed by atoms with E-state index in [2.05, 4.69) is 10.4 Å². The lowest BCUT2D eigenvalue weighted by Gasteiger charge is -2.21. The Morgan fingerprint density at radius 1 is 1.30 bits per heavy atom. The van der Waals surface area contributed by atoms with Gasteiger partial charge in [0.25, 0.3) is 5.92 Å². The van der Waals surface area contributed by atoms with Gasteiger partial charge in [-0.15, -0.1) is 0 Å². The highest BCUT2D eigenvalue weighted by atomic mass is 19.3. The summed E-state index contributed by atoms with van der Waals surface area (Å²) in [7, 11) is 1.82. The molecule has 0 spiro atoms. The first-order valence-corrected chi connectivity index (χ1v) is 7.02. The molecule has 0 bridgehead atoms. The Kier molecular flexibility index (Phi) is 3.24. The van der Waals surface area contributed by atoms with Crippen molar-refractivity contribution in [3.63, 3.8) is 0 Å². The van der Waals surface area contributed by atoms with E-state index in [0.29, 0.717) is 5.92 Å². The fourth-order valence-corrected chi connectivity index (χ4v) is 2.96. The van der Waals surface area contributed by atoms with Crippen molar-refractivity contribution in [3.05, 3.63) is 29.5 Å². The van der Waals surface area contributed by atoms with E-state index in [-0.39, 0.29) is 5.56 Å². The predicted molar refractivity (Wildman–Crippen MR) is 75.1 cm³/mol. The molecule has 5 heteroatoms. The van der Waals surface area contributed by atoms with Crippen LogP contribution >= 0.6 is 0 Å². The van der Waals surface area contributed by atoms with Crippen LogP contribution in [0.2, 0.25) is 0 Å². The average molecular weight is 279 g/mol. The van der Waals surface area contributed by atoms with Gasteiger partial charge in [0.05, 0.1) is 11.2 Å². The van der Waals surface area contributed by atoms with Crippen molar-refractivity contribution in [2.45, 2.75) is 31.6 Å². The zero-order chi connectivity index (χ0) is 14.3. The monoisotopic (exact) mass is 279 g/mol. The van der Waals surface area contributed by atoms with Crippen LogP contribution in [0.3, 0.4) is 0 Å². The number of hydrogen-bond donors (Lipinski definition) is 1. The van der Waals surface area contributed by atoms with E-state index in [9.17, 15) is 8.78 Å². The Hall–Kier alpha value is -1.49. The summed E-state index contributed by atoms with van der Waals surface area (Å²) in [6, 6.07) is 4.88. The highest BCUT2D eigenvalue weighted by molar-refractivity contribution is 5.83. The topological polar surface area (TPSA) is 29.9 Å². The molecular formula is C15H19F2N3. The van der Waals surface area contributed by atoms with Gasteiger partial charge in [-0.2, -0.15) is 5.10 Å². The first-order valence-electron chi connectivity index (χ1n) is 7.02. The summed E-state index contributed by atoms with van der Waals surface area (Å²) in [5.74, 6) is -2.39. The normalized spacial score (nSPS) is 17.8. The third-order valence-electron chi connectivity index (χ3n) is 4.11.